The van der Waals surface area contributed by atoms with Crippen LogP contribution in [0.1, 0.15) is 6.42 Å². The van der Waals surface area contributed by atoms with Gasteiger partial charge < -0.3 is 10.6 Å². The molecule has 2 N–H and O–H groups in total. The van der Waals surface area contributed by atoms with Crippen LogP contribution in [0.25, 0.3) is 0 Å². The fraction of sp³-hybridized carbons (Fsp3) is 0.750. The third-order valence-electron chi connectivity index (χ3n) is 2.49. The average Bonchev–Trinajstić information content (AvgIpc) is 2.43. The van der Waals surface area contributed by atoms with E-state index < -0.39 is 54.0 Å². The summed E-state index contributed by atoms with van der Waals surface area (Å²) >= 11 is 0. The van der Waals surface area contributed by atoms with Crippen LogP contribution in [-0.4, -0.2) is 41.7 Å². The van der Waals surface area contributed by atoms with E-state index in [0.29, 0.717) is 0 Å². The number of carbonyl (C=O) groups is 2. The molecule has 0 aliphatic carbocycles. The first kappa shape index (κ1) is 14.6. The van der Waals surface area contributed by atoms with E-state index in [1.54, 1.807) is 0 Å². The molecule has 1 unspecified atom stereocenters. The summed E-state index contributed by atoms with van der Waals surface area (Å²) in [5, 5.41) is 0. The number of alkyl halides is 6. The normalized spacial score (nSPS) is 21.8. The summed E-state index contributed by atoms with van der Waals surface area (Å²) in [4.78, 5) is 21.4. The molecule has 0 aromatic carbocycles. The molecule has 0 saturated carbocycles. The van der Waals surface area contributed by atoms with Crippen LogP contribution >= 0.6 is 0 Å². The van der Waals surface area contributed by atoms with E-state index in [2.05, 4.69) is 0 Å². The van der Waals surface area contributed by atoms with Crippen molar-refractivity contribution in [2.24, 2.45) is 11.7 Å². The van der Waals surface area contributed by atoms with Crippen LogP contribution in [0.3, 0.4) is 0 Å². The second-order valence-electron chi connectivity index (χ2n) is 3.84. The number of nitrogens with zero attached hydrogens (tertiary/aromatic N) is 1. The van der Waals surface area contributed by atoms with Crippen molar-refractivity contribution in [1.29, 1.82) is 0 Å². The summed E-state index contributed by atoms with van der Waals surface area (Å²) in [5.41, 5.74) is 4.76. The van der Waals surface area contributed by atoms with Gasteiger partial charge in [0.05, 0.1) is 5.92 Å². The van der Waals surface area contributed by atoms with Gasteiger partial charge in [0.1, 0.15) is 0 Å². The van der Waals surface area contributed by atoms with E-state index in [-0.39, 0.29) is 0 Å². The maximum absolute atomic E-state index is 12.3. The number of likely N-dealkylation sites (tertiary alicyclic amines) is 1. The summed E-state index contributed by atoms with van der Waals surface area (Å²) < 4.78 is 74.0. The number of hydrogen-bond donors (Lipinski definition) is 1. The monoisotopic (exact) mass is 278 g/mol. The molecule has 1 atom stereocenters. The largest absolute Gasteiger partial charge is 0.417 e. The number of carbonyl (C=O) groups excluding carboxylic acids is 2. The molecule has 4 nitrogen and oxygen atoms in total. The molecule has 10 heteroatoms. The summed E-state index contributed by atoms with van der Waals surface area (Å²) in [6.07, 6.45) is -12.0. The molecule has 0 aromatic rings. The summed E-state index contributed by atoms with van der Waals surface area (Å²) in [6.45, 7) is -0.974. The second-order valence-corrected chi connectivity index (χ2v) is 3.84. The number of rotatable bonds is 2. The first-order chi connectivity index (χ1) is 7.94. The summed E-state index contributed by atoms with van der Waals surface area (Å²) in [5.74, 6) is -3.82. The Hall–Kier alpha value is -1.48. The lowest BCUT2D eigenvalue weighted by Gasteiger charge is -2.31. The van der Waals surface area contributed by atoms with Crippen LogP contribution in [0, 0.1) is 5.92 Å². The first-order valence-corrected chi connectivity index (χ1v) is 4.66. The van der Waals surface area contributed by atoms with Crippen molar-refractivity contribution in [3.8, 4) is 0 Å². The molecule has 0 aromatic heterocycles. The Bertz CT molecular complexity index is 350. The van der Waals surface area contributed by atoms with Crippen molar-refractivity contribution in [1.82, 2.24) is 4.90 Å². The number of halogens is 6. The molecule has 0 radical (unpaired) electrons. The maximum Gasteiger partial charge on any atom is 0.417 e. The highest BCUT2D eigenvalue weighted by atomic mass is 19.4. The molecular formula is C8H8F6N2O2. The average molecular weight is 278 g/mol. The van der Waals surface area contributed by atoms with Gasteiger partial charge in [-0.3, -0.25) is 9.59 Å². The van der Waals surface area contributed by atoms with Gasteiger partial charge in [0, 0.05) is 13.0 Å². The van der Waals surface area contributed by atoms with Gasteiger partial charge in [-0.15, -0.1) is 0 Å². The van der Waals surface area contributed by atoms with Gasteiger partial charge in [-0.05, 0) is 0 Å². The summed E-state index contributed by atoms with van der Waals surface area (Å²) in [6, 6.07) is -3.90. The Kier molecular flexibility index (Phi) is 3.50. The molecule has 1 heterocycles. The number of hydrogen-bond acceptors (Lipinski definition) is 2. The molecule has 1 rings (SSSR count). The van der Waals surface area contributed by atoms with Crippen molar-refractivity contribution >= 4 is 11.8 Å². The Morgan fingerprint density at radius 3 is 1.94 bits per heavy atom. The van der Waals surface area contributed by atoms with E-state index in [1.165, 1.54) is 0 Å². The lowest BCUT2D eigenvalue weighted by Crippen LogP contribution is -2.55. The van der Waals surface area contributed by atoms with Crippen LogP contribution < -0.4 is 5.73 Å². The van der Waals surface area contributed by atoms with Gasteiger partial charge in [0.25, 0.3) is 0 Å². The zero-order valence-corrected chi connectivity index (χ0v) is 8.68. The van der Waals surface area contributed by atoms with Crippen molar-refractivity contribution < 1.29 is 35.9 Å². The molecule has 1 aliphatic heterocycles. The van der Waals surface area contributed by atoms with Crippen LogP contribution in [-0.2, 0) is 9.59 Å². The van der Waals surface area contributed by atoms with Crippen molar-refractivity contribution in [3.63, 3.8) is 0 Å². The molecular weight excluding hydrogens is 270 g/mol. The highest BCUT2D eigenvalue weighted by molar-refractivity contribution is 5.88. The molecule has 0 bridgehead atoms. The SMILES string of the molecule is NC(=O)C1CC(=O)N(C(C(F)(F)F)C(F)(F)F)C1. The molecule has 0 spiro atoms. The topological polar surface area (TPSA) is 63.4 Å². The van der Waals surface area contributed by atoms with Crippen LogP contribution in [0.4, 0.5) is 26.3 Å². The van der Waals surface area contributed by atoms with Crippen LogP contribution in [0.15, 0.2) is 0 Å². The molecule has 1 aliphatic rings. The zero-order valence-electron chi connectivity index (χ0n) is 8.68. The van der Waals surface area contributed by atoms with Gasteiger partial charge in [-0.25, -0.2) is 0 Å². The quantitative estimate of drug-likeness (QED) is 0.760. The lowest BCUT2D eigenvalue weighted by atomic mass is 10.1. The smallest absolute Gasteiger partial charge is 0.369 e. The number of primary amides is 1. The molecule has 18 heavy (non-hydrogen) atoms. The van der Waals surface area contributed by atoms with E-state index >= 15 is 0 Å². The van der Waals surface area contributed by atoms with Crippen LogP contribution in [0.2, 0.25) is 0 Å². The Labute approximate surface area is 96.7 Å². The van der Waals surface area contributed by atoms with Gasteiger partial charge in [0.2, 0.25) is 17.9 Å². The Morgan fingerprint density at radius 1 is 1.22 bits per heavy atom. The van der Waals surface area contributed by atoms with E-state index in [9.17, 15) is 35.9 Å². The minimum atomic E-state index is -5.65. The minimum absolute atomic E-state index is 0.393. The Morgan fingerprint density at radius 2 is 1.67 bits per heavy atom. The fourth-order valence-corrected chi connectivity index (χ4v) is 1.71. The fourth-order valence-electron chi connectivity index (χ4n) is 1.71. The highest BCUT2D eigenvalue weighted by Crippen LogP contribution is 2.39. The lowest BCUT2D eigenvalue weighted by molar-refractivity contribution is -0.282. The maximum atomic E-state index is 12.3. The van der Waals surface area contributed by atoms with E-state index in [4.69, 9.17) is 5.73 Å². The second kappa shape index (κ2) is 4.32. The Balaban J connectivity index is 3.03. The van der Waals surface area contributed by atoms with Crippen molar-refractivity contribution in [2.75, 3.05) is 6.54 Å². The van der Waals surface area contributed by atoms with E-state index in [1.807, 2.05) is 0 Å². The molecule has 104 valence electrons. The highest BCUT2D eigenvalue weighted by Gasteiger charge is 2.62. The third-order valence-corrected chi connectivity index (χ3v) is 2.49. The van der Waals surface area contributed by atoms with Crippen molar-refractivity contribution in [3.05, 3.63) is 0 Å². The first-order valence-electron chi connectivity index (χ1n) is 4.66. The predicted molar refractivity (Wildman–Crippen MR) is 44.9 cm³/mol. The third kappa shape index (κ3) is 2.85. The standard InChI is InChI=1S/C8H8F6N2O2/c9-7(10,11)6(8(12,13)14)16-2-3(5(15)18)1-4(16)17/h3,6H,1-2H2,(H2,15,18). The van der Waals surface area contributed by atoms with Crippen LogP contribution in [0.5, 0.6) is 0 Å². The summed E-state index contributed by atoms with van der Waals surface area (Å²) in [7, 11) is 0. The predicted octanol–water partition coefficient (Wildman–Crippen LogP) is 0.813. The van der Waals surface area contributed by atoms with E-state index in [0.717, 1.165) is 0 Å². The molecule has 1 saturated heterocycles. The van der Waals surface area contributed by atoms with Gasteiger partial charge in [-0.1, -0.05) is 0 Å². The van der Waals surface area contributed by atoms with Crippen molar-refractivity contribution in [2.45, 2.75) is 24.8 Å². The van der Waals surface area contributed by atoms with Gasteiger partial charge >= 0.3 is 12.4 Å². The number of amides is 2. The zero-order chi connectivity index (χ0) is 14.3. The molecule has 1 fully saturated rings. The number of nitrogens with two attached hydrogens (primary N) is 1. The van der Waals surface area contributed by atoms with Gasteiger partial charge in [0.15, 0.2) is 0 Å². The minimum Gasteiger partial charge on any atom is -0.369 e. The molecule has 2 amide bonds. The van der Waals surface area contributed by atoms with Gasteiger partial charge in [-0.2, -0.15) is 26.3 Å².